The van der Waals surface area contributed by atoms with Crippen molar-refractivity contribution in [3.05, 3.63) is 59.4 Å². The zero-order valence-electron chi connectivity index (χ0n) is 15.2. The molecular formula is C21H22FN3OS. The summed E-state index contributed by atoms with van der Waals surface area (Å²) in [5, 5.41) is 3.93. The third-order valence-electron chi connectivity index (χ3n) is 4.99. The Morgan fingerprint density at radius 2 is 2.11 bits per heavy atom. The smallest absolute Gasteiger partial charge is 0.225 e. The second-order valence-electron chi connectivity index (χ2n) is 7.10. The fraction of sp³-hybridized carbons (Fsp3) is 0.333. The number of nitrogens with zero attached hydrogens (tertiary/aromatic N) is 2. The zero-order valence-corrected chi connectivity index (χ0v) is 16.1. The van der Waals surface area contributed by atoms with Crippen LogP contribution in [0.25, 0.3) is 10.2 Å². The van der Waals surface area contributed by atoms with E-state index in [1.807, 2.05) is 12.1 Å². The number of aryl methyl sites for hydroxylation is 1. The highest BCUT2D eigenvalue weighted by Crippen LogP contribution is 2.32. The van der Waals surface area contributed by atoms with Crippen LogP contribution in [-0.2, 0) is 11.3 Å². The Morgan fingerprint density at radius 1 is 1.30 bits per heavy atom. The number of anilines is 1. The Bertz CT molecular complexity index is 954. The van der Waals surface area contributed by atoms with Gasteiger partial charge in [0.05, 0.1) is 16.1 Å². The number of hydrogen-bond donors (Lipinski definition) is 1. The van der Waals surface area contributed by atoms with Crippen molar-refractivity contribution in [3.8, 4) is 0 Å². The summed E-state index contributed by atoms with van der Waals surface area (Å²) in [5.41, 5.74) is 3.13. The molecule has 1 aliphatic heterocycles. The van der Waals surface area contributed by atoms with Gasteiger partial charge in [-0.1, -0.05) is 41.2 Å². The average molecular weight is 383 g/mol. The summed E-state index contributed by atoms with van der Waals surface area (Å²) in [4.78, 5) is 19.4. The second kappa shape index (κ2) is 7.64. The van der Waals surface area contributed by atoms with Gasteiger partial charge in [-0.15, -0.1) is 0 Å². The van der Waals surface area contributed by atoms with Crippen LogP contribution in [0.4, 0.5) is 9.52 Å². The molecule has 1 saturated heterocycles. The van der Waals surface area contributed by atoms with Gasteiger partial charge in [-0.2, -0.15) is 0 Å². The molecule has 1 N–H and O–H groups in total. The Morgan fingerprint density at radius 3 is 2.93 bits per heavy atom. The lowest BCUT2D eigenvalue weighted by Gasteiger charge is -2.31. The number of thiazole rings is 1. The molecular weight excluding hydrogens is 361 g/mol. The maximum atomic E-state index is 13.4. The minimum Gasteiger partial charge on any atom is -0.352 e. The molecule has 4 nitrogen and oxygen atoms in total. The molecule has 27 heavy (non-hydrogen) atoms. The Hall–Kier alpha value is -2.47. The number of amides is 1. The van der Waals surface area contributed by atoms with Gasteiger partial charge in [0.25, 0.3) is 0 Å². The minimum atomic E-state index is -0.246. The second-order valence-corrected chi connectivity index (χ2v) is 8.11. The molecule has 2 heterocycles. The van der Waals surface area contributed by atoms with E-state index in [9.17, 15) is 9.18 Å². The predicted molar refractivity (Wildman–Crippen MR) is 108 cm³/mol. The summed E-state index contributed by atoms with van der Waals surface area (Å²) in [7, 11) is 0. The van der Waals surface area contributed by atoms with Crippen LogP contribution in [0.1, 0.15) is 24.0 Å². The molecule has 1 amide bonds. The summed E-state index contributed by atoms with van der Waals surface area (Å²) < 4.78 is 14.3. The van der Waals surface area contributed by atoms with Gasteiger partial charge in [0.1, 0.15) is 5.82 Å². The lowest BCUT2D eigenvalue weighted by atomic mass is 9.97. The fourth-order valence-corrected chi connectivity index (χ4v) is 4.45. The van der Waals surface area contributed by atoms with Crippen LogP contribution in [0.5, 0.6) is 0 Å². The monoisotopic (exact) mass is 383 g/mol. The molecule has 4 rings (SSSR count). The Labute approximate surface area is 162 Å². The lowest BCUT2D eigenvalue weighted by molar-refractivity contribution is -0.125. The number of fused-ring (bicyclic) bond motifs is 1. The lowest BCUT2D eigenvalue weighted by Crippen LogP contribution is -2.42. The topological polar surface area (TPSA) is 45.2 Å². The van der Waals surface area contributed by atoms with Crippen molar-refractivity contribution in [2.75, 3.05) is 18.0 Å². The molecule has 3 aromatic rings. The third-order valence-corrected chi connectivity index (χ3v) is 6.07. The van der Waals surface area contributed by atoms with Crippen molar-refractivity contribution in [3.63, 3.8) is 0 Å². The van der Waals surface area contributed by atoms with Gasteiger partial charge in [-0.3, -0.25) is 4.79 Å². The Kier molecular flexibility index (Phi) is 5.07. The number of carbonyl (C=O) groups is 1. The SMILES string of the molecule is Cc1ccc(CNC(=O)C2CCCN(c3nc4ccc(F)cc4s3)C2)cc1. The molecule has 0 radical (unpaired) electrons. The highest BCUT2D eigenvalue weighted by atomic mass is 32.1. The molecule has 6 heteroatoms. The molecule has 0 bridgehead atoms. The highest BCUT2D eigenvalue weighted by Gasteiger charge is 2.27. The molecule has 1 unspecified atom stereocenters. The molecule has 0 spiro atoms. The highest BCUT2D eigenvalue weighted by molar-refractivity contribution is 7.22. The normalized spacial score (nSPS) is 17.3. The molecule has 1 atom stereocenters. The predicted octanol–water partition coefficient (Wildman–Crippen LogP) is 4.28. The van der Waals surface area contributed by atoms with E-state index in [2.05, 4.69) is 34.3 Å². The number of carbonyl (C=O) groups excluding carboxylic acids is 1. The molecule has 1 fully saturated rings. The third kappa shape index (κ3) is 4.11. The first-order valence-corrected chi connectivity index (χ1v) is 10.0. The average Bonchev–Trinajstić information content (AvgIpc) is 3.10. The van der Waals surface area contributed by atoms with E-state index in [4.69, 9.17) is 0 Å². The molecule has 2 aromatic carbocycles. The van der Waals surface area contributed by atoms with Crippen molar-refractivity contribution in [2.24, 2.45) is 5.92 Å². The maximum Gasteiger partial charge on any atom is 0.225 e. The van der Waals surface area contributed by atoms with Gasteiger partial charge < -0.3 is 10.2 Å². The molecule has 140 valence electrons. The van der Waals surface area contributed by atoms with E-state index >= 15 is 0 Å². The molecule has 0 aliphatic carbocycles. The van der Waals surface area contributed by atoms with Crippen LogP contribution in [0.15, 0.2) is 42.5 Å². The van der Waals surface area contributed by atoms with E-state index in [1.54, 1.807) is 6.07 Å². The number of aromatic nitrogens is 1. The summed E-state index contributed by atoms with van der Waals surface area (Å²) in [6.07, 6.45) is 1.84. The van der Waals surface area contributed by atoms with Crippen LogP contribution in [0.2, 0.25) is 0 Å². The first kappa shape index (κ1) is 17.9. The summed E-state index contributed by atoms with van der Waals surface area (Å²) in [6.45, 7) is 4.14. The zero-order chi connectivity index (χ0) is 18.8. The van der Waals surface area contributed by atoms with Gasteiger partial charge in [0, 0.05) is 19.6 Å². The standard InChI is InChI=1S/C21H22FN3OS/c1-14-4-6-15(7-5-14)12-23-20(26)16-3-2-10-25(13-16)21-24-18-9-8-17(22)11-19(18)27-21/h4-9,11,16H,2-3,10,12-13H2,1H3,(H,23,26). The molecule has 1 aliphatic rings. The van der Waals surface area contributed by atoms with Gasteiger partial charge in [-0.05, 0) is 43.5 Å². The van der Waals surface area contributed by atoms with Crippen molar-refractivity contribution in [1.82, 2.24) is 10.3 Å². The van der Waals surface area contributed by atoms with Crippen LogP contribution in [0, 0.1) is 18.7 Å². The van der Waals surface area contributed by atoms with Gasteiger partial charge >= 0.3 is 0 Å². The first-order chi connectivity index (χ1) is 13.1. The van der Waals surface area contributed by atoms with E-state index < -0.39 is 0 Å². The number of hydrogen-bond acceptors (Lipinski definition) is 4. The summed E-state index contributed by atoms with van der Waals surface area (Å²) >= 11 is 1.49. The number of rotatable bonds is 4. The molecule has 0 saturated carbocycles. The number of benzene rings is 2. The van der Waals surface area contributed by atoms with E-state index in [1.165, 1.54) is 29.0 Å². The number of halogens is 1. The van der Waals surface area contributed by atoms with E-state index in [-0.39, 0.29) is 17.6 Å². The van der Waals surface area contributed by atoms with Crippen LogP contribution >= 0.6 is 11.3 Å². The van der Waals surface area contributed by atoms with Crippen LogP contribution in [0.3, 0.4) is 0 Å². The summed E-state index contributed by atoms with van der Waals surface area (Å²) in [6, 6.07) is 12.9. The van der Waals surface area contributed by atoms with Crippen LogP contribution in [-0.4, -0.2) is 24.0 Å². The minimum absolute atomic E-state index is 0.0482. The Balaban J connectivity index is 1.40. The van der Waals surface area contributed by atoms with Gasteiger partial charge in [0.15, 0.2) is 5.13 Å². The van der Waals surface area contributed by atoms with E-state index in [0.29, 0.717) is 13.1 Å². The quantitative estimate of drug-likeness (QED) is 0.732. The van der Waals surface area contributed by atoms with Crippen LogP contribution < -0.4 is 10.2 Å². The molecule has 1 aromatic heterocycles. The van der Waals surface area contributed by atoms with Gasteiger partial charge in [-0.25, -0.2) is 9.37 Å². The number of piperidine rings is 1. The maximum absolute atomic E-state index is 13.4. The van der Waals surface area contributed by atoms with Crippen molar-refractivity contribution in [1.29, 1.82) is 0 Å². The van der Waals surface area contributed by atoms with Crippen molar-refractivity contribution >= 4 is 32.6 Å². The van der Waals surface area contributed by atoms with E-state index in [0.717, 1.165) is 40.3 Å². The summed E-state index contributed by atoms with van der Waals surface area (Å²) in [5.74, 6) is -0.204. The largest absolute Gasteiger partial charge is 0.352 e. The number of nitrogens with one attached hydrogen (secondary N) is 1. The van der Waals surface area contributed by atoms with Gasteiger partial charge in [0.2, 0.25) is 5.91 Å². The van der Waals surface area contributed by atoms with Crippen molar-refractivity contribution in [2.45, 2.75) is 26.3 Å². The van der Waals surface area contributed by atoms with Crippen molar-refractivity contribution < 1.29 is 9.18 Å². The first-order valence-electron chi connectivity index (χ1n) is 9.23. The fourth-order valence-electron chi connectivity index (χ4n) is 3.43.